The van der Waals surface area contributed by atoms with Crippen LogP contribution in [0, 0.1) is 6.92 Å². The summed E-state index contributed by atoms with van der Waals surface area (Å²) >= 11 is 0. The van der Waals surface area contributed by atoms with Gasteiger partial charge in [0.1, 0.15) is 5.71 Å². The third-order valence-electron chi connectivity index (χ3n) is 3.76. The molecule has 0 bridgehead atoms. The van der Waals surface area contributed by atoms with Gasteiger partial charge in [-0.2, -0.15) is 5.10 Å². The molecule has 1 aliphatic heterocycles. The Morgan fingerprint density at radius 2 is 2.10 bits per heavy atom. The number of hydrogen-bond donors (Lipinski definition) is 1. The van der Waals surface area contributed by atoms with Gasteiger partial charge in [-0.25, -0.2) is 4.98 Å². The Kier molecular flexibility index (Phi) is 3.56. The fourth-order valence-corrected chi connectivity index (χ4v) is 2.52. The van der Waals surface area contributed by atoms with Crippen molar-refractivity contribution in [2.24, 2.45) is 5.10 Å². The van der Waals surface area contributed by atoms with Crippen molar-refractivity contribution in [2.75, 3.05) is 5.43 Å². The van der Waals surface area contributed by atoms with Crippen molar-refractivity contribution in [1.82, 2.24) is 9.55 Å². The van der Waals surface area contributed by atoms with E-state index >= 15 is 0 Å². The highest BCUT2D eigenvalue weighted by atomic mass is 16.1. The number of aromatic nitrogens is 2. The van der Waals surface area contributed by atoms with Crippen molar-refractivity contribution in [2.45, 2.75) is 32.7 Å². The van der Waals surface area contributed by atoms with Gasteiger partial charge in [-0.1, -0.05) is 18.2 Å². The van der Waals surface area contributed by atoms with Crippen LogP contribution in [-0.2, 0) is 0 Å². The van der Waals surface area contributed by atoms with E-state index in [2.05, 4.69) is 15.5 Å². The molecule has 2 aromatic rings. The van der Waals surface area contributed by atoms with Gasteiger partial charge >= 0.3 is 0 Å². The molecule has 0 amide bonds. The van der Waals surface area contributed by atoms with Crippen molar-refractivity contribution in [3.05, 3.63) is 58.3 Å². The molecule has 21 heavy (non-hydrogen) atoms. The van der Waals surface area contributed by atoms with Crippen molar-refractivity contribution in [3.63, 3.8) is 0 Å². The first-order valence-electron chi connectivity index (χ1n) is 7.13. The first-order chi connectivity index (χ1) is 10.2. The Hall–Kier alpha value is -2.43. The van der Waals surface area contributed by atoms with E-state index in [9.17, 15) is 4.79 Å². The van der Waals surface area contributed by atoms with Gasteiger partial charge in [0.05, 0.1) is 5.69 Å². The van der Waals surface area contributed by atoms with Crippen LogP contribution in [0.3, 0.4) is 0 Å². The minimum atomic E-state index is 0.0274. The summed E-state index contributed by atoms with van der Waals surface area (Å²) in [7, 11) is 0. The number of benzene rings is 1. The highest BCUT2D eigenvalue weighted by Crippen LogP contribution is 2.21. The minimum Gasteiger partial charge on any atom is -0.289 e. The SMILES string of the molecule is Cc1cnc2n(c1=O)C(C)CCC2=NNc1ccccc1. The maximum absolute atomic E-state index is 12.3. The maximum Gasteiger partial charge on any atom is 0.256 e. The second-order valence-corrected chi connectivity index (χ2v) is 5.36. The highest BCUT2D eigenvalue weighted by molar-refractivity contribution is 5.98. The molecule has 1 aromatic carbocycles. The summed E-state index contributed by atoms with van der Waals surface area (Å²) in [5, 5.41) is 4.44. The normalized spacial score (nSPS) is 19.3. The molecular formula is C16H18N4O. The molecule has 3 rings (SSSR count). The average Bonchev–Trinajstić information content (AvgIpc) is 2.51. The lowest BCUT2D eigenvalue weighted by Crippen LogP contribution is -2.35. The second kappa shape index (κ2) is 5.52. The van der Waals surface area contributed by atoms with E-state index in [1.165, 1.54) is 0 Å². The predicted octanol–water partition coefficient (Wildman–Crippen LogP) is 2.72. The number of fused-ring (bicyclic) bond motifs is 1. The molecule has 108 valence electrons. The molecule has 0 saturated heterocycles. The predicted molar refractivity (Wildman–Crippen MR) is 83.8 cm³/mol. The Morgan fingerprint density at radius 3 is 2.86 bits per heavy atom. The van der Waals surface area contributed by atoms with Crippen molar-refractivity contribution < 1.29 is 0 Å². The Bertz CT molecular complexity index is 734. The van der Waals surface area contributed by atoms with Crippen LogP contribution in [0.2, 0.25) is 0 Å². The van der Waals surface area contributed by atoms with E-state index in [0.29, 0.717) is 11.4 Å². The quantitative estimate of drug-likeness (QED) is 0.862. The fraction of sp³-hybridized carbons (Fsp3) is 0.312. The lowest BCUT2D eigenvalue weighted by molar-refractivity contribution is 0.469. The van der Waals surface area contributed by atoms with Gasteiger partial charge in [-0.15, -0.1) is 0 Å². The van der Waals surface area contributed by atoms with Crippen molar-refractivity contribution in [3.8, 4) is 0 Å². The number of anilines is 1. The van der Waals surface area contributed by atoms with E-state index < -0.39 is 0 Å². The molecule has 0 radical (unpaired) electrons. The summed E-state index contributed by atoms with van der Waals surface area (Å²) in [6.07, 6.45) is 3.34. The number of hydrazone groups is 1. The van der Waals surface area contributed by atoms with Crippen LogP contribution >= 0.6 is 0 Å². The van der Waals surface area contributed by atoms with Gasteiger partial charge in [0.25, 0.3) is 5.56 Å². The molecule has 0 fully saturated rings. The third-order valence-corrected chi connectivity index (χ3v) is 3.76. The monoisotopic (exact) mass is 282 g/mol. The molecule has 5 nitrogen and oxygen atoms in total. The second-order valence-electron chi connectivity index (χ2n) is 5.36. The number of nitrogens with one attached hydrogen (secondary N) is 1. The lowest BCUT2D eigenvalue weighted by atomic mass is 10.0. The molecule has 1 N–H and O–H groups in total. The van der Waals surface area contributed by atoms with Gasteiger partial charge < -0.3 is 0 Å². The highest BCUT2D eigenvalue weighted by Gasteiger charge is 2.23. The van der Waals surface area contributed by atoms with Gasteiger partial charge in [-0.05, 0) is 38.8 Å². The number of nitrogens with zero attached hydrogens (tertiary/aromatic N) is 3. The minimum absolute atomic E-state index is 0.0274. The summed E-state index contributed by atoms with van der Waals surface area (Å²) in [6.45, 7) is 3.84. The van der Waals surface area contributed by atoms with Crippen molar-refractivity contribution in [1.29, 1.82) is 0 Å². The lowest BCUT2D eigenvalue weighted by Gasteiger charge is -2.25. The molecule has 0 saturated carbocycles. The van der Waals surface area contributed by atoms with Crippen LogP contribution in [0.5, 0.6) is 0 Å². The smallest absolute Gasteiger partial charge is 0.256 e. The van der Waals surface area contributed by atoms with Crippen LogP contribution in [0.15, 0.2) is 46.4 Å². The van der Waals surface area contributed by atoms with Crippen LogP contribution in [0.4, 0.5) is 5.69 Å². The Morgan fingerprint density at radius 1 is 1.33 bits per heavy atom. The third kappa shape index (κ3) is 2.59. The fourth-order valence-electron chi connectivity index (χ4n) is 2.52. The van der Waals surface area contributed by atoms with Gasteiger partial charge in [0.15, 0.2) is 5.82 Å². The molecule has 1 unspecified atom stereocenters. The summed E-state index contributed by atoms with van der Waals surface area (Å²) < 4.78 is 1.75. The first-order valence-corrected chi connectivity index (χ1v) is 7.13. The summed E-state index contributed by atoms with van der Waals surface area (Å²) in [6, 6.07) is 9.92. The molecular weight excluding hydrogens is 264 g/mol. The number of para-hydroxylation sites is 1. The van der Waals surface area contributed by atoms with E-state index in [1.54, 1.807) is 17.7 Å². The summed E-state index contributed by atoms with van der Waals surface area (Å²) in [5.74, 6) is 0.674. The standard InChI is InChI=1S/C16H18N4O/c1-11-10-17-15-14(9-8-12(2)20(15)16(11)21)19-18-13-6-4-3-5-7-13/h3-7,10,12,18H,8-9H2,1-2H3. The van der Waals surface area contributed by atoms with Gasteiger partial charge in [0, 0.05) is 17.8 Å². The van der Waals surface area contributed by atoms with Crippen LogP contribution in [-0.4, -0.2) is 15.3 Å². The van der Waals surface area contributed by atoms with Gasteiger partial charge in [0.2, 0.25) is 0 Å². The van der Waals surface area contributed by atoms with Crippen LogP contribution in [0.25, 0.3) is 0 Å². The van der Waals surface area contributed by atoms with Crippen molar-refractivity contribution >= 4 is 11.4 Å². The molecule has 1 aliphatic rings. The zero-order chi connectivity index (χ0) is 14.8. The maximum atomic E-state index is 12.3. The Labute approximate surface area is 123 Å². The first kappa shape index (κ1) is 13.5. The zero-order valence-corrected chi connectivity index (χ0v) is 12.2. The van der Waals surface area contributed by atoms with E-state index in [-0.39, 0.29) is 11.6 Å². The molecule has 1 aromatic heterocycles. The molecule has 1 atom stereocenters. The van der Waals surface area contributed by atoms with E-state index in [4.69, 9.17) is 0 Å². The summed E-state index contributed by atoms with van der Waals surface area (Å²) in [4.78, 5) is 16.7. The summed E-state index contributed by atoms with van der Waals surface area (Å²) in [5.41, 5.74) is 5.48. The van der Waals surface area contributed by atoms with Crippen LogP contribution in [0.1, 0.15) is 37.2 Å². The molecule has 0 spiro atoms. The zero-order valence-electron chi connectivity index (χ0n) is 12.2. The molecule has 2 heterocycles. The average molecular weight is 282 g/mol. The Balaban J connectivity index is 1.98. The topological polar surface area (TPSA) is 59.3 Å². The number of rotatable bonds is 2. The van der Waals surface area contributed by atoms with Crippen LogP contribution < -0.4 is 11.0 Å². The number of hydrogen-bond acceptors (Lipinski definition) is 4. The largest absolute Gasteiger partial charge is 0.289 e. The number of aryl methyl sites for hydroxylation is 1. The molecule has 0 aliphatic carbocycles. The van der Waals surface area contributed by atoms with E-state index in [1.807, 2.05) is 37.3 Å². The molecule has 5 heteroatoms. The van der Waals surface area contributed by atoms with E-state index in [0.717, 1.165) is 24.2 Å². The van der Waals surface area contributed by atoms with Gasteiger partial charge in [-0.3, -0.25) is 14.8 Å².